The number of benzene rings is 4. The molecule has 0 bridgehead atoms. The zero-order valence-electron chi connectivity index (χ0n) is 25.5. The number of nitrogens with zero attached hydrogens (tertiary/aromatic N) is 6. The van der Waals surface area contributed by atoms with Crippen LogP contribution in [-0.2, 0) is 0 Å². The van der Waals surface area contributed by atoms with E-state index < -0.39 is 0 Å². The fraction of sp³-hybridized carbons (Fsp3) is 0. The molecule has 0 saturated heterocycles. The Labute approximate surface area is 278 Å². The molecule has 0 amide bonds. The Balaban J connectivity index is 1.41. The van der Waals surface area contributed by atoms with E-state index >= 15 is 0 Å². The second kappa shape index (κ2) is 13.0. The van der Waals surface area contributed by atoms with Crippen LogP contribution in [0, 0.1) is 34.0 Å². The summed E-state index contributed by atoms with van der Waals surface area (Å²) in [6.07, 6.45) is 9.85. The van der Waals surface area contributed by atoms with E-state index in [1.807, 2.05) is 54.6 Å². The van der Waals surface area contributed by atoms with Gasteiger partial charge in [0.25, 0.3) is 0 Å². The summed E-state index contributed by atoms with van der Waals surface area (Å²) in [4.78, 5) is 12.4. The summed E-state index contributed by atoms with van der Waals surface area (Å²) in [5.41, 5.74) is 12.7. The van der Waals surface area contributed by atoms with Gasteiger partial charge >= 0.3 is 0 Å². The van der Waals surface area contributed by atoms with E-state index in [0.29, 0.717) is 16.7 Å². The van der Waals surface area contributed by atoms with Crippen LogP contribution in [0.4, 0.5) is 0 Å². The molecule has 222 valence electrons. The predicted octanol–water partition coefficient (Wildman–Crippen LogP) is 9.49. The van der Waals surface area contributed by atoms with Crippen LogP contribution in [-0.4, -0.2) is 15.0 Å². The summed E-state index contributed by atoms with van der Waals surface area (Å²) in [7, 11) is 0. The fourth-order valence-electron chi connectivity index (χ4n) is 5.93. The van der Waals surface area contributed by atoms with E-state index in [2.05, 4.69) is 87.8 Å². The molecule has 3 aromatic heterocycles. The van der Waals surface area contributed by atoms with E-state index in [9.17, 15) is 15.8 Å². The highest BCUT2D eigenvalue weighted by atomic mass is 14.6. The van der Waals surface area contributed by atoms with Gasteiger partial charge in [-0.25, -0.2) is 0 Å². The van der Waals surface area contributed by atoms with E-state index in [1.54, 1.807) is 37.2 Å². The zero-order valence-corrected chi connectivity index (χ0v) is 25.5. The third-order valence-electron chi connectivity index (χ3n) is 8.28. The number of nitriles is 3. The Morgan fingerprint density at radius 1 is 0.333 bits per heavy atom. The van der Waals surface area contributed by atoms with Gasteiger partial charge in [0.1, 0.15) is 18.2 Å². The molecule has 0 fully saturated rings. The smallest absolute Gasteiger partial charge is 0.101 e. The van der Waals surface area contributed by atoms with Gasteiger partial charge in [-0.1, -0.05) is 54.6 Å². The summed E-state index contributed by atoms with van der Waals surface area (Å²) in [6.45, 7) is 0. The van der Waals surface area contributed by atoms with Gasteiger partial charge in [-0.2, -0.15) is 15.8 Å². The van der Waals surface area contributed by atoms with Crippen LogP contribution in [0.2, 0.25) is 0 Å². The topological polar surface area (TPSA) is 110 Å². The minimum absolute atomic E-state index is 0.512. The number of hydrogen-bond acceptors (Lipinski definition) is 6. The molecule has 4 aromatic carbocycles. The lowest BCUT2D eigenvalue weighted by Crippen LogP contribution is -1.90. The van der Waals surface area contributed by atoms with Crippen molar-refractivity contribution in [2.45, 2.75) is 0 Å². The highest BCUT2D eigenvalue weighted by Crippen LogP contribution is 2.37. The largest absolute Gasteiger partial charge is 0.263 e. The molecule has 0 aliphatic carbocycles. The molecule has 0 aliphatic heterocycles. The maximum Gasteiger partial charge on any atom is 0.101 e. The summed E-state index contributed by atoms with van der Waals surface area (Å²) in [6, 6.07) is 43.3. The third-order valence-corrected chi connectivity index (χ3v) is 8.28. The summed E-state index contributed by atoms with van der Waals surface area (Å²) < 4.78 is 0. The van der Waals surface area contributed by atoms with Crippen molar-refractivity contribution in [1.82, 2.24) is 15.0 Å². The molecule has 0 saturated carbocycles. The van der Waals surface area contributed by atoms with Crippen LogP contribution in [0.5, 0.6) is 0 Å². The van der Waals surface area contributed by atoms with Gasteiger partial charge in [-0.15, -0.1) is 0 Å². The summed E-state index contributed by atoms with van der Waals surface area (Å²) in [5.74, 6) is 0. The quantitative estimate of drug-likeness (QED) is 0.185. The standard InChI is InChI=1S/C42H24N6/c43-22-37-25-46-13-10-40(37)31-7-1-4-28(16-31)34-19-35(29-5-2-8-32(17-29)41-11-14-47-26-38(41)23-44)21-36(20-34)30-6-3-9-33(18-30)42-12-15-48-27-39(42)24-45/h1-21,25-27H. The zero-order chi connectivity index (χ0) is 32.9. The summed E-state index contributed by atoms with van der Waals surface area (Å²) >= 11 is 0. The minimum Gasteiger partial charge on any atom is -0.263 e. The first kappa shape index (κ1) is 29.5. The van der Waals surface area contributed by atoms with Crippen molar-refractivity contribution in [3.63, 3.8) is 0 Å². The van der Waals surface area contributed by atoms with Crippen molar-refractivity contribution < 1.29 is 0 Å². The first-order chi connectivity index (χ1) is 23.6. The highest BCUT2D eigenvalue weighted by molar-refractivity contribution is 5.86. The molecule has 0 radical (unpaired) electrons. The molecule has 0 aliphatic rings. The van der Waals surface area contributed by atoms with Crippen molar-refractivity contribution in [1.29, 1.82) is 15.8 Å². The van der Waals surface area contributed by atoms with Crippen molar-refractivity contribution in [3.8, 4) is 85.0 Å². The molecule has 0 spiro atoms. The van der Waals surface area contributed by atoms with E-state index in [-0.39, 0.29) is 0 Å². The van der Waals surface area contributed by atoms with Gasteiger partial charge in [0.05, 0.1) is 16.7 Å². The molecule has 0 atom stereocenters. The fourth-order valence-corrected chi connectivity index (χ4v) is 5.93. The lowest BCUT2D eigenvalue weighted by atomic mass is 9.90. The van der Waals surface area contributed by atoms with Gasteiger partial charge in [-0.05, 0) is 105 Å². The van der Waals surface area contributed by atoms with Gasteiger partial charge < -0.3 is 0 Å². The maximum atomic E-state index is 9.73. The number of aromatic nitrogens is 3. The van der Waals surface area contributed by atoms with Crippen LogP contribution in [0.1, 0.15) is 16.7 Å². The van der Waals surface area contributed by atoms with Crippen LogP contribution in [0.3, 0.4) is 0 Å². The van der Waals surface area contributed by atoms with Crippen LogP contribution in [0.25, 0.3) is 66.8 Å². The van der Waals surface area contributed by atoms with Crippen LogP contribution < -0.4 is 0 Å². The van der Waals surface area contributed by atoms with Gasteiger partial charge in [0.2, 0.25) is 0 Å². The van der Waals surface area contributed by atoms with Gasteiger partial charge in [0.15, 0.2) is 0 Å². The molecule has 7 aromatic rings. The van der Waals surface area contributed by atoms with Crippen molar-refractivity contribution in [2.75, 3.05) is 0 Å². The molecule has 6 heteroatoms. The van der Waals surface area contributed by atoms with Crippen LogP contribution >= 0.6 is 0 Å². The molecule has 3 heterocycles. The van der Waals surface area contributed by atoms with Gasteiger partial charge in [-0.3, -0.25) is 15.0 Å². The molecule has 7 rings (SSSR count). The molecular weight excluding hydrogens is 589 g/mol. The number of rotatable bonds is 6. The summed E-state index contributed by atoms with van der Waals surface area (Å²) in [5, 5.41) is 29.2. The first-order valence-electron chi connectivity index (χ1n) is 15.1. The lowest BCUT2D eigenvalue weighted by Gasteiger charge is -2.14. The van der Waals surface area contributed by atoms with E-state index in [1.165, 1.54) is 0 Å². The molecular formula is C42H24N6. The highest BCUT2D eigenvalue weighted by Gasteiger charge is 2.13. The molecule has 0 N–H and O–H groups in total. The van der Waals surface area contributed by atoms with Crippen molar-refractivity contribution >= 4 is 0 Å². The third kappa shape index (κ3) is 5.80. The Morgan fingerprint density at radius 3 is 0.896 bits per heavy atom. The minimum atomic E-state index is 0.512. The molecule has 48 heavy (non-hydrogen) atoms. The number of hydrogen-bond donors (Lipinski definition) is 0. The second-order valence-electron chi connectivity index (χ2n) is 11.1. The van der Waals surface area contributed by atoms with Gasteiger partial charge in [0, 0.05) is 53.9 Å². The van der Waals surface area contributed by atoms with Crippen molar-refractivity contribution in [3.05, 3.63) is 163 Å². The lowest BCUT2D eigenvalue weighted by molar-refractivity contribution is 1.30. The monoisotopic (exact) mass is 612 g/mol. The maximum absolute atomic E-state index is 9.73. The number of pyridine rings is 3. The van der Waals surface area contributed by atoms with Crippen molar-refractivity contribution in [2.24, 2.45) is 0 Å². The van der Waals surface area contributed by atoms with E-state index in [4.69, 9.17) is 0 Å². The Hall–Kier alpha value is -7.20. The Kier molecular flexibility index (Phi) is 8.01. The molecule has 6 nitrogen and oxygen atoms in total. The molecule has 0 unspecified atom stereocenters. The van der Waals surface area contributed by atoms with E-state index in [0.717, 1.165) is 66.8 Å². The normalized spacial score (nSPS) is 10.4. The average molecular weight is 613 g/mol. The second-order valence-corrected chi connectivity index (χ2v) is 11.1. The average Bonchev–Trinajstić information content (AvgIpc) is 3.17. The van der Waals surface area contributed by atoms with Crippen LogP contribution in [0.15, 0.2) is 146 Å². The Morgan fingerprint density at radius 2 is 0.604 bits per heavy atom. The predicted molar refractivity (Wildman–Crippen MR) is 187 cm³/mol. The SMILES string of the molecule is N#Cc1cnccc1-c1cccc(-c2cc(-c3cccc(-c4ccncc4C#N)c3)cc(-c3cccc(-c4ccncc4C#N)c3)c2)c1. The first-order valence-corrected chi connectivity index (χ1v) is 15.1. The Bertz CT molecular complexity index is 2170.